The molecule has 2 rings (SSSR count). The lowest BCUT2D eigenvalue weighted by Crippen LogP contribution is -2.34. The molecule has 0 saturated carbocycles. The molecule has 1 fully saturated rings. The first-order chi connectivity index (χ1) is 12.3. The largest absolute Gasteiger partial charge is 0.481 e. The van der Waals surface area contributed by atoms with E-state index in [4.69, 9.17) is 16.2 Å². The summed E-state index contributed by atoms with van der Waals surface area (Å²) in [6.07, 6.45) is 2.90. The topological polar surface area (TPSA) is 102 Å². The predicted octanol–water partition coefficient (Wildman–Crippen LogP) is 3.06. The Kier molecular flexibility index (Phi) is 6.44. The van der Waals surface area contributed by atoms with Gasteiger partial charge in [0.2, 0.25) is 0 Å². The third-order valence-electron chi connectivity index (χ3n) is 4.67. The molecule has 0 spiro atoms. The van der Waals surface area contributed by atoms with Crippen LogP contribution in [-0.4, -0.2) is 29.5 Å². The standard InChI is InChI=1S/C20H28N4O2/c1-13(23-14(2)12-19(25)26)11-17-5-4-10-24(15(17)3)18-8-6-16(7-9-18)20(21)22/h6-9,14,17,23H,1,3-5,10-12H2,2H3,(H3,21,22)(H,25,26). The highest BCUT2D eigenvalue weighted by molar-refractivity contribution is 5.95. The number of nitrogen functional groups attached to an aromatic ring is 1. The van der Waals surface area contributed by atoms with Gasteiger partial charge in [-0.15, -0.1) is 0 Å². The highest BCUT2D eigenvalue weighted by Crippen LogP contribution is 2.33. The van der Waals surface area contributed by atoms with Crippen LogP contribution in [0.2, 0.25) is 0 Å². The zero-order valence-corrected chi connectivity index (χ0v) is 15.3. The number of anilines is 1. The Morgan fingerprint density at radius 3 is 2.69 bits per heavy atom. The highest BCUT2D eigenvalue weighted by Gasteiger charge is 2.25. The van der Waals surface area contributed by atoms with Gasteiger partial charge in [0.15, 0.2) is 0 Å². The lowest BCUT2D eigenvalue weighted by atomic mass is 9.90. The molecule has 2 atom stereocenters. The molecule has 140 valence electrons. The third kappa shape index (κ3) is 5.12. The molecule has 0 amide bonds. The van der Waals surface area contributed by atoms with Crippen LogP contribution >= 0.6 is 0 Å². The van der Waals surface area contributed by atoms with E-state index in [1.54, 1.807) is 0 Å². The summed E-state index contributed by atoms with van der Waals surface area (Å²) >= 11 is 0. The fourth-order valence-electron chi connectivity index (χ4n) is 3.38. The number of hydrogen-bond acceptors (Lipinski definition) is 4. The normalized spacial score (nSPS) is 18.3. The molecular formula is C20H28N4O2. The van der Waals surface area contributed by atoms with E-state index in [1.165, 1.54) is 0 Å². The molecule has 5 N–H and O–H groups in total. The summed E-state index contributed by atoms with van der Waals surface area (Å²) in [5.41, 5.74) is 9.15. The highest BCUT2D eigenvalue weighted by atomic mass is 16.4. The van der Waals surface area contributed by atoms with E-state index in [-0.39, 0.29) is 24.2 Å². The van der Waals surface area contributed by atoms with E-state index < -0.39 is 5.97 Å². The second-order valence-corrected chi connectivity index (χ2v) is 6.89. The SMILES string of the molecule is C=C(CC1CCCN(c2ccc(C(=N)N)cc2)C1=C)NC(C)CC(=O)O. The van der Waals surface area contributed by atoms with Gasteiger partial charge in [-0.25, -0.2) is 0 Å². The maximum absolute atomic E-state index is 10.8. The Morgan fingerprint density at radius 1 is 1.46 bits per heavy atom. The Hall–Kier alpha value is -2.76. The van der Waals surface area contributed by atoms with Gasteiger partial charge >= 0.3 is 5.97 Å². The number of carboxylic acid groups (broad SMARTS) is 1. The van der Waals surface area contributed by atoms with Gasteiger partial charge in [-0.05, 0) is 50.5 Å². The summed E-state index contributed by atoms with van der Waals surface area (Å²) in [5, 5.41) is 19.5. The molecule has 0 radical (unpaired) electrons. The molecule has 0 bridgehead atoms. The van der Waals surface area contributed by atoms with E-state index in [0.29, 0.717) is 5.56 Å². The number of amidine groups is 1. The molecule has 1 aliphatic heterocycles. The Labute approximate surface area is 154 Å². The minimum atomic E-state index is -0.819. The monoisotopic (exact) mass is 356 g/mol. The van der Waals surface area contributed by atoms with Gasteiger partial charge in [-0.1, -0.05) is 13.2 Å². The Bertz CT molecular complexity index is 696. The van der Waals surface area contributed by atoms with Gasteiger partial charge in [-0.3, -0.25) is 10.2 Å². The van der Waals surface area contributed by atoms with Crippen LogP contribution in [0.1, 0.15) is 38.2 Å². The Balaban J connectivity index is 1.99. The molecule has 2 unspecified atom stereocenters. The van der Waals surface area contributed by atoms with E-state index in [2.05, 4.69) is 23.4 Å². The number of rotatable bonds is 8. The summed E-state index contributed by atoms with van der Waals surface area (Å²) in [5.74, 6) is -0.488. The smallest absolute Gasteiger partial charge is 0.305 e. The van der Waals surface area contributed by atoms with Crippen LogP contribution in [0.25, 0.3) is 0 Å². The van der Waals surface area contributed by atoms with Gasteiger partial charge in [0.25, 0.3) is 0 Å². The maximum atomic E-state index is 10.8. The van der Waals surface area contributed by atoms with Crippen LogP contribution in [0.15, 0.2) is 48.8 Å². The summed E-state index contributed by atoms with van der Waals surface area (Å²) in [6.45, 7) is 11.1. The Morgan fingerprint density at radius 2 is 2.12 bits per heavy atom. The van der Waals surface area contributed by atoms with Crippen LogP contribution < -0.4 is 16.0 Å². The molecule has 0 aliphatic carbocycles. The molecular weight excluding hydrogens is 328 g/mol. The first kappa shape index (κ1) is 19.6. The van der Waals surface area contributed by atoms with Crippen molar-refractivity contribution >= 4 is 17.5 Å². The second-order valence-electron chi connectivity index (χ2n) is 6.89. The molecule has 0 aromatic heterocycles. The lowest BCUT2D eigenvalue weighted by Gasteiger charge is -2.37. The number of hydrogen-bond donors (Lipinski definition) is 4. The minimum Gasteiger partial charge on any atom is -0.481 e. The lowest BCUT2D eigenvalue weighted by molar-refractivity contribution is -0.137. The number of nitrogens with zero attached hydrogens (tertiary/aromatic N) is 1. The van der Waals surface area contributed by atoms with Crippen molar-refractivity contribution in [1.29, 1.82) is 5.41 Å². The van der Waals surface area contributed by atoms with Crippen LogP contribution in [0.3, 0.4) is 0 Å². The first-order valence-corrected chi connectivity index (χ1v) is 8.84. The average Bonchev–Trinajstić information content (AvgIpc) is 2.56. The third-order valence-corrected chi connectivity index (χ3v) is 4.67. The summed E-state index contributed by atoms with van der Waals surface area (Å²) in [7, 11) is 0. The van der Waals surface area contributed by atoms with Gasteiger partial charge in [-0.2, -0.15) is 0 Å². The molecule has 6 nitrogen and oxygen atoms in total. The summed E-state index contributed by atoms with van der Waals surface area (Å²) in [4.78, 5) is 13.0. The van der Waals surface area contributed by atoms with E-state index >= 15 is 0 Å². The van der Waals surface area contributed by atoms with E-state index in [0.717, 1.165) is 42.9 Å². The van der Waals surface area contributed by atoms with Gasteiger partial charge in [0.05, 0.1) is 6.42 Å². The zero-order valence-electron chi connectivity index (χ0n) is 15.3. The molecule has 6 heteroatoms. The maximum Gasteiger partial charge on any atom is 0.305 e. The van der Waals surface area contributed by atoms with E-state index in [9.17, 15) is 4.79 Å². The molecule has 1 heterocycles. The minimum absolute atomic E-state index is 0.0600. The fourth-order valence-corrected chi connectivity index (χ4v) is 3.38. The number of benzene rings is 1. The van der Waals surface area contributed by atoms with Crippen molar-refractivity contribution in [3.8, 4) is 0 Å². The van der Waals surface area contributed by atoms with Crippen molar-refractivity contribution in [1.82, 2.24) is 5.32 Å². The van der Waals surface area contributed by atoms with Gasteiger partial charge in [0, 0.05) is 41.1 Å². The molecule has 1 saturated heterocycles. The van der Waals surface area contributed by atoms with Crippen molar-refractivity contribution in [2.45, 2.75) is 38.6 Å². The van der Waals surface area contributed by atoms with Gasteiger partial charge < -0.3 is 21.1 Å². The van der Waals surface area contributed by atoms with Crippen molar-refractivity contribution in [3.63, 3.8) is 0 Å². The average molecular weight is 356 g/mol. The molecule has 1 aromatic carbocycles. The predicted molar refractivity (Wildman–Crippen MR) is 105 cm³/mol. The van der Waals surface area contributed by atoms with Crippen molar-refractivity contribution in [2.24, 2.45) is 11.7 Å². The van der Waals surface area contributed by atoms with E-state index in [1.807, 2.05) is 31.2 Å². The number of carbonyl (C=O) groups is 1. The number of nitrogens with two attached hydrogens (primary N) is 1. The van der Waals surface area contributed by atoms with Crippen LogP contribution in [-0.2, 0) is 4.79 Å². The summed E-state index contributed by atoms with van der Waals surface area (Å²) < 4.78 is 0. The van der Waals surface area contributed by atoms with Crippen LogP contribution in [0, 0.1) is 11.3 Å². The quantitative estimate of drug-likeness (QED) is 0.423. The number of piperidine rings is 1. The molecule has 26 heavy (non-hydrogen) atoms. The first-order valence-electron chi connectivity index (χ1n) is 8.84. The zero-order chi connectivity index (χ0) is 19.3. The van der Waals surface area contributed by atoms with Crippen LogP contribution in [0.5, 0.6) is 0 Å². The number of aliphatic carboxylic acids is 1. The fraction of sp³-hybridized carbons (Fsp3) is 0.400. The van der Waals surface area contributed by atoms with Crippen LogP contribution in [0.4, 0.5) is 5.69 Å². The molecule has 1 aliphatic rings. The second kappa shape index (κ2) is 8.56. The number of allylic oxidation sites excluding steroid dienone is 2. The number of carboxylic acids is 1. The summed E-state index contributed by atoms with van der Waals surface area (Å²) in [6, 6.07) is 7.48. The van der Waals surface area contributed by atoms with Gasteiger partial charge in [0.1, 0.15) is 5.84 Å². The van der Waals surface area contributed by atoms with Crippen molar-refractivity contribution in [3.05, 3.63) is 54.4 Å². The van der Waals surface area contributed by atoms with Crippen molar-refractivity contribution < 1.29 is 9.90 Å². The van der Waals surface area contributed by atoms with Crippen molar-refractivity contribution in [2.75, 3.05) is 11.4 Å². The molecule has 1 aromatic rings. The number of nitrogens with one attached hydrogen (secondary N) is 2.